The van der Waals surface area contributed by atoms with Gasteiger partial charge >= 0.3 is 0 Å². The molecule has 0 saturated carbocycles. The van der Waals surface area contributed by atoms with Crippen molar-refractivity contribution in [1.29, 1.82) is 0 Å². The number of piperazine rings is 1. The zero-order valence-electron chi connectivity index (χ0n) is 14.8. The van der Waals surface area contributed by atoms with E-state index in [0.717, 1.165) is 37.5 Å². The van der Waals surface area contributed by atoms with Crippen LogP contribution < -0.4 is 4.74 Å². The largest absolute Gasteiger partial charge is 0.494 e. The smallest absolute Gasteiger partial charge is 0.227 e. The Kier molecular flexibility index (Phi) is 5.65. The zero-order valence-corrected chi connectivity index (χ0v) is 14.8. The first kappa shape index (κ1) is 17.4. The van der Waals surface area contributed by atoms with Crippen LogP contribution in [-0.2, 0) is 11.2 Å². The highest BCUT2D eigenvalue weighted by atomic mass is 16.5. The van der Waals surface area contributed by atoms with Gasteiger partial charge in [-0.1, -0.05) is 5.16 Å². The van der Waals surface area contributed by atoms with Gasteiger partial charge in [0.1, 0.15) is 5.75 Å². The van der Waals surface area contributed by atoms with Gasteiger partial charge in [0.05, 0.1) is 6.61 Å². The third kappa shape index (κ3) is 4.57. The molecule has 134 valence electrons. The van der Waals surface area contributed by atoms with Gasteiger partial charge in [-0.3, -0.25) is 4.79 Å². The highest BCUT2D eigenvalue weighted by molar-refractivity contribution is 5.76. The van der Waals surface area contributed by atoms with Crippen LogP contribution in [0.2, 0.25) is 0 Å². The SMILES string of the molecule is CCOc1ccc(-c2noc(CCC(=O)N3CCN(C)CC3)n2)cc1. The molecular weight excluding hydrogens is 320 g/mol. The molecule has 0 aliphatic carbocycles. The van der Waals surface area contributed by atoms with E-state index in [9.17, 15) is 4.79 Å². The Morgan fingerprint density at radius 3 is 2.60 bits per heavy atom. The maximum absolute atomic E-state index is 12.3. The number of carbonyl (C=O) groups excluding carboxylic acids is 1. The summed E-state index contributed by atoms with van der Waals surface area (Å²) in [4.78, 5) is 20.8. The molecule has 3 rings (SSSR count). The lowest BCUT2D eigenvalue weighted by molar-refractivity contribution is -0.132. The molecule has 0 N–H and O–H groups in total. The Morgan fingerprint density at radius 2 is 1.92 bits per heavy atom. The maximum atomic E-state index is 12.3. The number of aryl methyl sites for hydroxylation is 1. The second-order valence-electron chi connectivity index (χ2n) is 6.15. The highest BCUT2D eigenvalue weighted by Gasteiger charge is 2.19. The number of ether oxygens (including phenoxy) is 1. The third-order valence-corrected chi connectivity index (χ3v) is 4.30. The number of amides is 1. The van der Waals surface area contributed by atoms with Gasteiger partial charge < -0.3 is 19.1 Å². The van der Waals surface area contributed by atoms with Crippen LogP contribution in [0.25, 0.3) is 11.4 Å². The van der Waals surface area contributed by atoms with E-state index >= 15 is 0 Å². The van der Waals surface area contributed by atoms with Crippen molar-refractivity contribution >= 4 is 5.91 Å². The van der Waals surface area contributed by atoms with E-state index in [0.29, 0.717) is 31.2 Å². The molecule has 1 amide bonds. The van der Waals surface area contributed by atoms with Crippen LogP contribution in [0.4, 0.5) is 0 Å². The molecule has 1 aliphatic rings. The van der Waals surface area contributed by atoms with Crippen molar-refractivity contribution in [3.05, 3.63) is 30.2 Å². The summed E-state index contributed by atoms with van der Waals surface area (Å²) in [6.45, 7) is 6.01. The van der Waals surface area contributed by atoms with E-state index in [1.165, 1.54) is 0 Å². The van der Waals surface area contributed by atoms with Gasteiger partial charge in [0, 0.05) is 44.6 Å². The van der Waals surface area contributed by atoms with Gasteiger partial charge in [-0.2, -0.15) is 4.98 Å². The number of aromatic nitrogens is 2. The van der Waals surface area contributed by atoms with Gasteiger partial charge in [-0.25, -0.2) is 0 Å². The number of hydrogen-bond acceptors (Lipinski definition) is 6. The second-order valence-corrected chi connectivity index (χ2v) is 6.15. The van der Waals surface area contributed by atoms with Crippen molar-refractivity contribution in [3.63, 3.8) is 0 Å². The van der Waals surface area contributed by atoms with E-state index in [4.69, 9.17) is 9.26 Å². The Morgan fingerprint density at radius 1 is 1.20 bits per heavy atom. The summed E-state index contributed by atoms with van der Waals surface area (Å²) in [5.41, 5.74) is 0.865. The molecule has 0 radical (unpaired) electrons. The minimum Gasteiger partial charge on any atom is -0.494 e. The van der Waals surface area contributed by atoms with Gasteiger partial charge in [0.25, 0.3) is 0 Å². The van der Waals surface area contributed by atoms with Crippen molar-refractivity contribution in [3.8, 4) is 17.1 Å². The van der Waals surface area contributed by atoms with Gasteiger partial charge in [-0.05, 0) is 38.2 Å². The van der Waals surface area contributed by atoms with Gasteiger partial charge in [0.15, 0.2) is 0 Å². The average Bonchev–Trinajstić information content (AvgIpc) is 3.10. The van der Waals surface area contributed by atoms with Crippen molar-refractivity contribution in [2.24, 2.45) is 0 Å². The number of rotatable bonds is 6. The number of carbonyl (C=O) groups is 1. The minimum atomic E-state index is 0.147. The molecule has 2 heterocycles. The van der Waals surface area contributed by atoms with Crippen LogP contribution in [-0.4, -0.2) is 65.7 Å². The summed E-state index contributed by atoms with van der Waals surface area (Å²) in [5.74, 6) is 1.98. The van der Waals surface area contributed by atoms with Crippen LogP contribution in [0.1, 0.15) is 19.2 Å². The normalized spacial score (nSPS) is 15.4. The molecule has 1 aliphatic heterocycles. The van der Waals surface area contributed by atoms with Crippen molar-refractivity contribution < 1.29 is 14.1 Å². The zero-order chi connectivity index (χ0) is 17.6. The summed E-state index contributed by atoms with van der Waals surface area (Å²) in [6.07, 6.45) is 0.865. The summed E-state index contributed by atoms with van der Waals surface area (Å²) in [6, 6.07) is 7.56. The molecule has 1 aromatic carbocycles. The fourth-order valence-corrected chi connectivity index (χ4v) is 2.77. The van der Waals surface area contributed by atoms with E-state index in [-0.39, 0.29) is 5.91 Å². The quantitative estimate of drug-likeness (QED) is 0.796. The van der Waals surface area contributed by atoms with Gasteiger partial charge in [-0.15, -0.1) is 0 Å². The lowest BCUT2D eigenvalue weighted by Gasteiger charge is -2.32. The minimum absolute atomic E-state index is 0.147. The van der Waals surface area contributed by atoms with E-state index < -0.39 is 0 Å². The Hall–Kier alpha value is -2.41. The molecule has 1 saturated heterocycles. The summed E-state index contributed by atoms with van der Waals surface area (Å²) in [5, 5.41) is 4.00. The molecule has 25 heavy (non-hydrogen) atoms. The summed E-state index contributed by atoms with van der Waals surface area (Å²) in [7, 11) is 2.07. The molecule has 7 nitrogen and oxygen atoms in total. The Bertz CT molecular complexity index is 691. The fourth-order valence-electron chi connectivity index (χ4n) is 2.77. The summed E-state index contributed by atoms with van der Waals surface area (Å²) < 4.78 is 10.7. The second kappa shape index (κ2) is 8.11. The van der Waals surface area contributed by atoms with Crippen molar-refractivity contribution in [1.82, 2.24) is 19.9 Å². The van der Waals surface area contributed by atoms with Crippen LogP contribution in [0.15, 0.2) is 28.8 Å². The van der Waals surface area contributed by atoms with Crippen LogP contribution in [0.3, 0.4) is 0 Å². The van der Waals surface area contributed by atoms with E-state index in [1.807, 2.05) is 36.1 Å². The highest BCUT2D eigenvalue weighted by Crippen LogP contribution is 2.20. The van der Waals surface area contributed by atoms with E-state index in [2.05, 4.69) is 22.1 Å². The molecule has 2 aromatic rings. The van der Waals surface area contributed by atoms with Crippen molar-refractivity contribution in [2.45, 2.75) is 19.8 Å². The number of nitrogens with zero attached hydrogens (tertiary/aromatic N) is 4. The maximum Gasteiger partial charge on any atom is 0.227 e. The number of likely N-dealkylation sites (N-methyl/N-ethyl adjacent to an activating group) is 1. The first-order chi connectivity index (χ1) is 12.2. The molecular formula is C18H24N4O3. The molecule has 0 unspecified atom stereocenters. The molecule has 0 bridgehead atoms. The average molecular weight is 344 g/mol. The first-order valence-electron chi connectivity index (χ1n) is 8.68. The standard InChI is InChI=1S/C18H24N4O3/c1-3-24-15-6-4-14(5-7-15)18-19-16(25-20-18)8-9-17(23)22-12-10-21(2)11-13-22/h4-7H,3,8-13H2,1-2H3. The third-order valence-electron chi connectivity index (χ3n) is 4.30. The lowest BCUT2D eigenvalue weighted by Crippen LogP contribution is -2.47. The fraction of sp³-hybridized carbons (Fsp3) is 0.500. The predicted molar refractivity (Wildman–Crippen MR) is 93.3 cm³/mol. The van der Waals surface area contributed by atoms with E-state index in [1.54, 1.807) is 0 Å². The monoisotopic (exact) mass is 344 g/mol. The van der Waals surface area contributed by atoms with Crippen LogP contribution in [0.5, 0.6) is 5.75 Å². The van der Waals surface area contributed by atoms with Crippen molar-refractivity contribution in [2.75, 3.05) is 39.8 Å². The lowest BCUT2D eigenvalue weighted by atomic mass is 10.2. The Balaban J connectivity index is 1.53. The van der Waals surface area contributed by atoms with Crippen LogP contribution in [0, 0.1) is 0 Å². The van der Waals surface area contributed by atoms with Crippen LogP contribution >= 0.6 is 0 Å². The molecule has 7 heteroatoms. The number of benzene rings is 1. The Labute approximate surface area is 147 Å². The summed E-state index contributed by atoms with van der Waals surface area (Å²) >= 11 is 0. The topological polar surface area (TPSA) is 71.7 Å². The van der Waals surface area contributed by atoms with Gasteiger partial charge in [0.2, 0.25) is 17.6 Å². The first-order valence-corrected chi connectivity index (χ1v) is 8.68. The molecule has 1 fully saturated rings. The molecule has 0 spiro atoms. The number of hydrogen-bond donors (Lipinski definition) is 0. The molecule has 0 atom stereocenters. The predicted octanol–water partition coefficient (Wildman–Crippen LogP) is 1.84. The molecule has 1 aromatic heterocycles.